The van der Waals surface area contributed by atoms with Crippen LogP contribution in [0.1, 0.15) is 68.8 Å². The fourth-order valence-electron chi connectivity index (χ4n) is 7.10. The predicted octanol–water partition coefficient (Wildman–Crippen LogP) is 4.23. The zero-order chi connectivity index (χ0) is 28.4. The summed E-state index contributed by atoms with van der Waals surface area (Å²) in [6, 6.07) is 5.18. The van der Waals surface area contributed by atoms with Crippen molar-refractivity contribution in [3.63, 3.8) is 0 Å². The Morgan fingerprint density at radius 1 is 1.15 bits per heavy atom. The van der Waals surface area contributed by atoms with E-state index in [2.05, 4.69) is 35.5 Å². The monoisotopic (exact) mass is 566 g/mol. The van der Waals surface area contributed by atoms with Crippen LogP contribution in [-0.2, 0) is 17.1 Å². The van der Waals surface area contributed by atoms with Crippen molar-refractivity contribution in [2.24, 2.45) is 24.8 Å². The molecule has 4 heterocycles. The standard InChI is InChI=1S/C29H38N6O4S/c1-18-14-29(3,4)34(15-18)27-22(28(36)32-40(37,38)24-17-33(5)16-19(24)2)8-9-25(30-27)35-11-10-26(31-35)39-23-13-20-6-7-21(23)12-20/h8-11,16-18,20-21,23H,6-7,12-15H2,1-5H3,(H,32,36)/t18-,20+,21-,23?/m0/s1. The largest absolute Gasteiger partial charge is 0.473 e. The van der Waals surface area contributed by atoms with E-state index in [1.807, 2.05) is 12.3 Å². The van der Waals surface area contributed by atoms with E-state index in [-0.39, 0.29) is 22.1 Å². The Balaban J connectivity index is 1.31. The molecule has 3 aromatic rings. The Kier molecular flexibility index (Phi) is 6.47. The molecule has 0 spiro atoms. The molecule has 2 saturated carbocycles. The number of hydrogen-bond donors (Lipinski definition) is 1. The summed E-state index contributed by atoms with van der Waals surface area (Å²) in [7, 11) is -2.33. The summed E-state index contributed by atoms with van der Waals surface area (Å²) in [5.74, 6) is 2.62. The summed E-state index contributed by atoms with van der Waals surface area (Å²) in [6.45, 7) is 8.80. The second-order valence-corrected chi connectivity index (χ2v) is 14.3. The minimum absolute atomic E-state index is 0.0733. The molecular formula is C29H38N6O4S. The predicted molar refractivity (Wildman–Crippen MR) is 151 cm³/mol. The maximum Gasteiger partial charge on any atom is 0.268 e. The Hall–Kier alpha value is -3.34. The van der Waals surface area contributed by atoms with Crippen LogP contribution in [0.15, 0.2) is 41.7 Å². The molecular weight excluding hydrogens is 528 g/mol. The maximum absolute atomic E-state index is 13.5. The van der Waals surface area contributed by atoms with Gasteiger partial charge < -0.3 is 14.2 Å². The van der Waals surface area contributed by atoms with Gasteiger partial charge in [0.25, 0.3) is 15.9 Å². The number of amides is 1. The highest BCUT2D eigenvalue weighted by Crippen LogP contribution is 2.46. The topological polar surface area (TPSA) is 111 Å². The van der Waals surface area contributed by atoms with E-state index in [1.54, 1.807) is 41.5 Å². The third kappa shape index (κ3) is 4.88. The van der Waals surface area contributed by atoms with Crippen LogP contribution in [-0.4, -0.2) is 51.8 Å². The smallest absolute Gasteiger partial charge is 0.268 e. The van der Waals surface area contributed by atoms with Crippen molar-refractivity contribution in [1.82, 2.24) is 24.1 Å². The number of nitrogens with one attached hydrogen (secondary N) is 1. The van der Waals surface area contributed by atoms with Gasteiger partial charge in [-0.3, -0.25) is 4.79 Å². The van der Waals surface area contributed by atoms with Crippen molar-refractivity contribution >= 4 is 21.7 Å². The van der Waals surface area contributed by atoms with E-state index in [9.17, 15) is 13.2 Å². The molecule has 2 aliphatic carbocycles. The summed E-state index contributed by atoms with van der Waals surface area (Å²) in [6.07, 6.45) is 11.0. The Morgan fingerprint density at radius 2 is 1.95 bits per heavy atom. The minimum Gasteiger partial charge on any atom is -0.473 e. The van der Waals surface area contributed by atoms with Gasteiger partial charge in [0, 0.05) is 43.8 Å². The number of fused-ring (bicyclic) bond motifs is 2. The Morgan fingerprint density at radius 3 is 2.58 bits per heavy atom. The van der Waals surface area contributed by atoms with Crippen LogP contribution < -0.4 is 14.4 Å². The third-order valence-electron chi connectivity index (χ3n) is 8.80. The number of aryl methyl sites for hydroxylation is 2. The van der Waals surface area contributed by atoms with E-state index in [4.69, 9.17) is 9.72 Å². The molecule has 3 aliphatic rings. The lowest BCUT2D eigenvalue weighted by Crippen LogP contribution is -2.41. The number of aromatic nitrogens is 4. The number of hydrogen-bond acceptors (Lipinski definition) is 7. The fourth-order valence-corrected chi connectivity index (χ4v) is 8.34. The van der Waals surface area contributed by atoms with E-state index in [1.165, 1.54) is 25.5 Å². The molecule has 214 valence electrons. The molecule has 3 aromatic heterocycles. The van der Waals surface area contributed by atoms with Crippen LogP contribution >= 0.6 is 0 Å². The highest BCUT2D eigenvalue weighted by atomic mass is 32.2. The van der Waals surface area contributed by atoms with Gasteiger partial charge in [0.2, 0.25) is 5.88 Å². The summed E-state index contributed by atoms with van der Waals surface area (Å²) in [4.78, 5) is 20.6. The quantitative estimate of drug-likeness (QED) is 0.456. The summed E-state index contributed by atoms with van der Waals surface area (Å²) < 4.78 is 38.1. The zero-order valence-corrected chi connectivity index (χ0v) is 24.6. The van der Waals surface area contributed by atoms with E-state index < -0.39 is 15.9 Å². The van der Waals surface area contributed by atoms with E-state index >= 15 is 0 Å². The lowest BCUT2D eigenvalue weighted by molar-refractivity contribution is 0.0981. The van der Waals surface area contributed by atoms with Crippen molar-refractivity contribution in [2.45, 2.75) is 76.3 Å². The van der Waals surface area contributed by atoms with Crippen LogP contribution in [0.25, 0.3) is 5.82 Å². The van der Waals surface area contributed by atoms with Gasteiger partial charge in [-0.25, -0.2) is 22.8 Å². The number of ether oxygens (including phenoxy) is 1. The molecule has 4 atom stereocenters. The fraction of sp³-hybridized carbons (Fsp3) is 0.552. The highest BCUT2D eigenvalue weighted by Gasteiger charge is 2.42. The molecule has 0 aromatic carbocycles. The molecule has 1 unspecified atom stereocenters. The molecule has 10 nitrogen and oxygen atoms in total. The highest BCUT2D eigenvalue weighted by molar-refractivity contribution is 7.90. The van der Waals surface area contributed by atoms with Crippen LogP contribution in [0.5, 0.6) is 5.88 Å². The first-order chi connectivity index (χ1) is 18.9. The second kappa shape index (κ2) is 9.64. The van der Waals surface area contributed by atoms with E-state index in [0.29, 0.717) is 41.5 Å². The lowest BCUT2D eigenvalue weighted by Gasteiger charge is -2.34. The van der Waals surface area contributed by atoms with Gasteiger partial charge >= 0.3 is 0 Å². The van der Waals surface area contributed by atoms with Gasteiger partial charge in [-0.1, -0.05) is 6.92 Å². The van der Waals surface area contributed by atoms with Crippen LogP contribution in [0.2, 0.25) is 0 Å². The number of sulfonamides is 1. The minimum atomic E-state index is -4.07. The zero-order valence-electron chi connectivity index (χ0n) is 23.8. The molecule has 0 radical (unpaired) electrons. The van der Waals surface area contributed by atoms with Gasteiger partial charge in [-0.15, -0.1) is 5.10 Å². The van der Waals surface area contributed by atoms with Gasteiger partial charge in [-0.05, 0) is 88.3 Å². The van der Waals surface area contributed by atoms with Crippen molar-refractivity contribution in [1.29, 1.82) is 0 Å². The van der Waals surface area contributed by atoms with E-state index in [0.717, 1.165) is 18.8 Å². The average Bonchev–Trinajstić information content (AvgIpc) is 3.69. The molecule has 1 aliphatic heterocycles. The normalized spacial score (nSPS) is 25.5. The van der Waals surface area contributed by atoms with Crippen LogP contribution in [0.3, 0.4) is 0 Å². The number of nitrogens with zero attached hydrogens (tertiary/aromatic N) is 5. The van der Waals surface area contributed by atoms with Crippen LogP contribution in [0, 0.1) is 24.7 Å². The molecule has 40 heavy (non-hydrogen) atoms. The number of carbonyl (C=O) groups excluding carboxylic acids is 1. The SMILES string of the molecule is Cc1cn(C)cc1S(=O)(=O)NC(=O)c1ccc(-n2ccc(OC3C[C@@H]4CC[C@H]3C4)n2)nc1N1C[C@@H](C)CC1(C)C. The first-order valence-corrected chi connectivity index (χ1v) is 15.6. The van der Waals surface area contributed by atoms with Crippen molar-refractivity contribution in [3.8, 4) is 11.7 Å². The molecule has 1 amide bonds. The van der Waals surface area contributed by atoms with Crippen molar-refractivity contribution in [3.05, 3.63) is 47.9 Å². The summed E-state index contributed by atoms with van der Waals surface area (Å²) >= 11 is 0. The first-order valence-electron chi connectivity index (χ1n) is 14.1. The number of pyridine rings is 1. The third-order valence-corrected chi connectivity index (χ3v) is 10.3. The number of carbonyl (C=O) groups is 1. The van der Waals surface area contributed by atoms with Gasteiger partial charge in [0.1, 0.15) is 16.8 Å². The Bertz CT molecular complexity index is 1560. The van der Waals surface area contributed by atoms with Gasteiger partial charge in [0.15, 0.2) is 5.82 Å². The van der Waals surface area contributed by atoms with Crippen molar-refractivity contribution in [2.75, 3.05) is 11.4 Å². The van der Waals surface area contributed by atoms with Crippen molar-refractivity contribution < 1.29 is 17.9 Å². The van der Waals surface area contributed by atoms with Gasteiger partial charge in [0.05, 0.1) is 5.56 Å². The second-order valence-electron chi connectivity index (χ2n) is 12.6. The number of rotatable bonds is 7. The molecule has 11 heteroatoms. The molecule has 3 fully saturated rings. The Labute approximate surface area is 235 Å². The number of anilines is 1. The molecule has 2 bridgehead atoms. The molecule has 1 N–H and O–H groups in total. The van der Waals surface area contributed by atoms with Gasteiger partial charge in [-0.2, -0.15) is 0 Å². The maximum atomic E-state index is 13.5. The van der Waals surface area contributed by atoms with Crippen LogP contribution in [0.4, 0.5) is 5.82 Å². The first kappa shape index (κ1) is 26.9. The summed E-state index contributed by atoms with van der Waals surface area (Å²) in [5, 5.41) is 4.65. The molecule has 6 rings (SSSR count). The molecule has 1 saturated heterocycles. The summed E-state index contributed by atoms with van der Waals surface area (Å²) in [5.41, 5.74) is 0.497. The lowest BCUT2D eigenvalue weighted by atomic mass is 9.97. The average molecular weight is 567 g/mol.